The zero-order valence-electron chi connectivity index (χ0n) is 24.6. The molecule has 1 saturated carbocycles. The molecule has 0 bridgehead atoms. The molecule has 9 nitrogen and oxygen atoms in total. The van der Waals surface area contributed by atoms with E-state index in [2.05, 4.69) is 62.2 Å². The van der Waals surface area contributed by atoms with Crippen LogP contribution in [0.25, 0.3) is 5.70 Å². The minimum atomic E-state index is -4.29. The van der Waals surface area contributed by atoms with E-state index in [-0.39, 0.29) is 27.4 Å². The maximum atomic E-state index is 13.8. The van der Waals surface area contributed by atoms with Crippen molar-refractivity contribution in [3.05, 3.63) is 47.2 Å². The van der Waals surface area contributed by atoms with E-state index in [1.54, 1.807) is 6.07 Å². The highest BCUT2D eigenvalue weighted by Crippen LogP contribution is 2.40. The molecule has 3 heterocycles. The number of nitrogens with two attached hydrogens (primary N) is 2. The van der Waals surface area contributed by atoms with Gasteiger partial charge in [0.15, 0.2) is 5.03 Å². The van der Waals surface area contributed by atoms with E-state index in [1.807, 2.05) is 0 Å². The van der Waals surface area contributed by atoms with Gasteiger partial charge in [0, 0.05) is 28.8 Å². The molecule has 2 aliphatic rings. The molecular weight excluding hydrogens is 524 g/mol. The number of nitrogens with zero attached hydrogens (tertiary/aromatic N) is 3. The number of sulfonamides is 1. The Balaban J connectivity index is 1.87. The van der Waals surface area contributed by atoms with E-state index < -0.39 is 15.9 Å². The quantitative estimate of drug-likeness (QED) is 0.443. The van der Waals surface area contributed by atoms with E-state index >= 15 is 0 Å². The van der Waals surface area contributed by atoms with Crippen molar-refractivity contribution in [2.45, 2.75) is 96.0 Å². The van der Waals surface area contributed by atoms with Crippen LogP contribution in [0.3, 0.4) is 0 Å². The lowest BCUT2D eigenvalue weighted by Crippen LogP contribution is -2.41. The number of allylic oxidation sites excluding steroid dienone is 1. The van der Waals surface area contributed by atoms with Gasteiger partial charge in [-0.2, -0.15) is 8.42 Å². The van der Waals surface area contributed by atoms with Crippen LogP contribution in [0.5, 0.6) is 0 Å². The minimum Gasteiger partial charge on any atom is -0.398 e. The normalized spacial score (nSPS) is 20.5. The summed E-state index contributed by atoms with van der Waals surface area (Å²) in [6.45, 7) is 13.3. The summed E-state index contributed by atoms with van der Waals surface area (Å²) in [5, 5.41) is -0.325. The number of carbonyl (C=O) groups excluding carboxylic acids is 1. The fourth-order valence-electron chi connectivity index (χ4n) is 6.08. The molecule has 10 heteroatoms. The summed E-state index contributed by atoms with van der Waals surface area (Å²) in [5.41, 5.74) is 14.0. The lowest BCUT2D eigenvalue weighted by molar-refractivity contribution is 0.0981. The zero-order chi connectivity index (χ0) is 29.5. The van der Waals surface area contributed by atoms with Gasteiger partial charge < -0.3 is 16.4 Å². The molecule has 0 aromatic carbocycles. The van der Waals surface area contributed by atoms with Gasteiger partial charge in [-0.15, -0.1) is 0 Å². The Labute approximate surface area is 238 Å². The molecule has 1 amide bonds. The first-order chi connectivity index (χ1) is 18.6. The molecule has 218 valence electrons. The van der Waals surface area contributed by atoms with Gasteiger partial charge in [-0.1, -0.05) is 59.1 Å². The van der Waals surface area contributed by atoms with E-state index in [4.69, 9.17) is 16.5 Å². The molecule has 4 rings (SSSR count). The van der Waals surface area contributed by atoms with Crippen LogP contribution in [0, 0.1) is 11.8 Å². The molecule has 1 saturated heterocycles. The Kier molecular flexibility index (Phi) is 8.23. The molecule has 5 N–H and O–H groups in total. The maximum absolute atomic E-state index is 13.8. The van der Waals surface area contributed by atoms with Crippen LogP contribution in [0.15, 0.2) is 35.4 Å². The number of rotatable bonds is 6. The second kappa shape index (κ2) is 11.0. The van der Waals surface area contributed by atoms with Crippen LogP contribution in [0.2, 0.25) is 0 Å². The minimum absolute atomic E-state index is 0.0444. The van der Waals surface area contributed by atoms with Crippen molar-refractivity contribution in [3.8, 4) is 0 Å². The van der Waals surface area contributed by atoms with E-state index in [0.29, 0.717) is 35.5 Å². The Morgan fingerprint density at radius 1 is 1.12 bits per heavy atom. The second-order valence-electron chi connectivity index (χ2n) is 13.1. The van der Waals surface area contributed by atoms with Gasteiger partial charge >= 0.3 is 0 Å². The molecule has 0 spiro atoms. The Morgan fingerprint density at radius 2 is 1.80 bits per heavy atom. The SMILES string of the molecule is C[C@@H]1CN(c2nc(C(C)(C)C)c(/C(N)=C/C3CCCCC3)cc2C(=O)NS(=O)(=O)c2cccc(N)n2)C(C)(C)C1. The standard InChI is InChI=1S/C30H44N6O3S/c1-19-17-30(5,6)36(18-19)27-22(28(37)35-40(38,39)25-14-10-13-24(32)33-25)16-21(26(34-27)29(2,3)4)23(31)15-20-11-8-7-9-12-20/h10,13-16,19-20H,7-9,11-12,17-18,31H2,1-6H3,(H2,32,33)(H,35,37)/b23-15-/t19-/m0/s1. The van der Waals surface area contributed by atoms with Crippen LogP contribution in [0.4, 0.5) is 11.6 Å². The highest BCUT2D eigenvalue weighted by molar-refractivity contribution is 7.90. The summed E-state index contributed by atoms with van der Waals surface area (Å²) in [7, 11) is -4.29. The number of carbonyl (C=O) groups is 1. The Bertz CT molecular complexity index is 1410. The zero-order valence-corrected chi connectivity index (χ0v) is 25.4. The van der Waals surface area contributed by atoms with E-state index in [0.717, 1.165) is 25.0 Å². The van der Waals surface area contributed by atoms with Crippen LogP contribution in [0.1, 0.15) is 102 Å². The van der Waals surface area contributed by atoms with Crippen LogP contribution < -0.4 is 21.1 Å². The van der Waals surface area contributed by atoms with Crippen molar-refractivity contribution in [1.29, 1.82) is 0 Å². The molecule has 1 atom stereocenters. The third-order valence-corrected chi connectivity index (χ3v) is 9.14. The number of aromatic nitrogens is 2. The fourth-order valence-corrected chi connectivity index (χ4v) is 7.02. The third kappa shape index (κ3) is 6.43. The highest BCUT2D eigenvalue weighted by atomic mass is 32.2. The summed E-state index contributed by atoms with van der Waals surface area (Å²) in [6, 6.07) is 6.00. The average molecular weight is 569 g/mol. The summed E-state index contributed by atoms with van der Waals surface area (Å²) in [6.07, 6.45) is 8.75. The smallest absolute Gasteiger partial charge is 0.281 e. The van der Waals surface area contributed by atoms with Crippen LogP contribution in [-0.4, -0.2) is 36.4 Å². The molecular formula is C30H44N6O3S. The summed E-state index contributed by atoms with van der Waals surface area (Å²) in [5.74, 6) is 0.466. The second-order valence-corrected chi connectivity index (χ2v) is 14.7. The molecule has 0 radical (unpaired) electrons. The van der Waals surface area contributed by atoms with Gasteiger partial charge in [-0.05, 0) is 63.1 Å². The lowest BCUT2D eigenvalue weighted by Gasteiger charge is -2.35. The van der Waals surface area contributed by atoms with Crippen molar-refractivity contribution in [3.63, 3.8) is 0 Å². The topological polar surface area (TPSA) is 144 Å². The molecule has 2 fully saturated rings. The monoisotopic (exact) mass is 568 g/mol. The average Bonchev–Trinajstić information content (AvgIpc) is 3.14. The van der Waals surface area contributed by atoms with E-state index in [1.165, 1.54) is 37.5 Å². The van der Waals surface area contributed by atoms with Crippen molar-refractivity contribution < 1.29 is 13.2 Å². The number of pyridine rings is 2. The largest absolute Gasteiger partial charge is 0.398 e. The lowest BCUT2D eigenvalue weighted by atomic mass is 9.84. The van der Waals surface area contributed by atoms with Gasteiger partial charge in [-0.3, -0.25) is 4.79 Å². The molecule has 40 heavy (non-hydrogen) atoms. The summed E-state index contributed by atoms with van der Waals surface area (Å²) in [4.78, 5) is 25.0. The highest BCUT2D eigenvalue weighted by Gasteiger charge is 2.40. The predicted octanol–water partition coefficient (Wildman–Crippen LogP) is 4.98. The predicted molar refractivity (Wildman–Crippen MR) is 160 cm³/mol. The number of nitrogen functional groups attached to an aromatic ring is 1. The number of nitrogens with one attached hydrogen (secondary N) is 1. The molecule has 0 unspecified atom stereocenters. The van der Waals surface area contributed by atoms with Gasteiger partial charge in [0.25, 0.3) is 15.9 Å². The van der Waals surface area contributed by atoms with Crippen molar-refractivity contribution in [2.75, 3.05) is 17.2 Å². The maximum Gasteiger partial charge on any atom is 0.281 e. The first kappa shape index (κ1) is 29.8. The number of amides is 1. The van der Waals surface area contributed by atoms with Gasteiger partial charge in [0.05, 0.1) is 11.3 Å². The fraction of sp³-hybridized carbons (Fsp3) is 0.567. The number of hydrogen-bond donors (Lipinski definition) is 3. The van der Waals surface area contributed by atoms with Crippen LogP contribution >= 0.6 is 0 Å². The third-order valence-electron chi connectivity index (χ3n) is 7.91. The Hall–Kier alpha value is -3.14. The molecule has 2 aromatic rings. The molecule has 2 aromatic heterocycles. The summed E-state index contributed by atoms with van der Waals surface area (Å²) >= 11 is 0. The van der Waals surface area contributed by atoms with Crippen LogP contribution in [-0.2, 0) is 15.4 Å². The van der Waals surface area contributed by atoms with Crippen molar-refractivity contribution in [1.82, 2.24) is 14.7 Å². The van der Waals surface area contributed by atoms with E-state index in [9.17, 15) is 13.2 Å². The van der Waals surface area contributed by atoms with Gasteiger partial charge in [0.2, 0.25) is 0 Å². The number of anilines is 2. The first-order valence-electron chi connectivity index (χ1n) is 14.2. The number of hydrogen-bond acceptors (Lipinski definition) is 8. The summed E-state index contributed by atoms with van der Waals surface area (Å²) < 4.78 is 28.5. The molecule has 1 aliphatic carbocycles. The first-order valence-corrected chi connectivity index (χ1v) is 15.7. The van der Waals surface area contributed by atoms with Gasteiger partial charge in [0.1, 0.15) is 11.6 Å². The molecule has 1 aliphatic heterocycles. The van der Waals surface area contributed by atoms with Crippen molar-refractivity contribution in [2.24, 2.45) is 17.6 Å². The Morgan fingerprint density at radius 3 is 2.38 bits per heavy atom. The van der Waals surface area contributed by atoms with Gasteiger partial charge in [-0.25, -0.2) is 14.7 Å². The van der Waals surface area contributed by atoms with Crippen molar-refractivity contribution >= 4 is 33.3 Å².